The van der Waals surface area contributed by atoms with Gasteiger partial charge in [0, 0.05) is 36.8 Å². The molecule has 192 valence electrons. The SMILES string of the molecule is C[C@@H]1CN([C@@H](C)CO)C(=O)c2cc(C#CCN(C)C)cnc2O[C@@H]1CN(C)C(=O)c1ccc(F)cc1. The molecule has 0 aliphatic carbocycles. The van der Waals surface area contributed by atoms with Crippen LogP contribution in [0.4, 0.5) is 4.39 Å². The lowest BCUT2D eigenvalue weighted by molar-refractivity contribution is 0.0313. The lowest BCUT2D eigenvalue weighted by Gasteiger charge is -2.37. The van der Waals surface area contributed by atoms with E-state index in [1.165, 1.54) is 29.2 Å². The first-order chi connectivity index (χ1) is 17.1. The maximum absolute atomic E-state index is 13.5. The highest BCUT2D eigenvalue weighted by atomic mass is 19.1. The number of likely N-dealkylation sites (N-methyl/N-ethyl adjacent to an activating group) is 1. The molecule has 9 heteroatoms. The summed E-state index contributed by atoms with van der Waals surface area (Å²) in [5, 5.41) is 9.81. The minimum absolute atomic E-state index is 0.160. The van der Waals surface area contributed by atoms with Crippen LogP contribution in [0.5, 0.6) is 5.88 Å². The predicted octanol–water partition coefficient (Wildman–Crippen LogP) is 2.13. The number of pyridine rings is 1. The fraction of sp³-hybridized carbons (Fsp3) is 0.444. The van der Waals surface area contributed by atoms with E-state index < -0.39 is 18.0 Å². The number of halogens is 1. The highest BCUT2D eigenvalue weighted by Gasteiger charge is 2.34. The Morgan fingerprint density at radius 1 is 1.31 bits per heavy atom. The predicted molar refractivity (Wildman–Crippen MR) is 134 cm³/mol. The summed E-state index contributed by atoms with van der Waals surface area (Å²) in [6, 6.07) is 6.61. The normalized spacial score (nSPS) is 18.3. The molecule has 0 saturated carbocycles. The van der Waals surface area contributed by atoms with Crippen LogP contribution in [0.2, 0.25) is 0 Å². The molecule has 1 aromatic carbocycles. The molecule has 0 bridgehead atoms. The van der Waals surface area contributed by atoms with Crippen molar-refractivity contribution in [2.24, 2.45) is 5.92 Å². The van der Waals surface area contributed by atoms with E-state index in [4.69, 9.17) is 4.74 Å². The molecule has 2 heterocycles. The van der Waals surface area contributed by atoms with Gasteiger partial charge >= 0.3 is 0 Å². The van der Waals surface area contributed by atoms with Gasteiger partial charge in [-0.25, -0.2) is 9.37 Å². The Morgan fingerprint density at radius 3 is 2.64 bits per heavy atom. The number of benzene rings is 1. The second kappa shape index (κ2) is 12.0. The van der Waals surface area contributed by atoms with E-state index in [1.54, 1.807) is 31.1 Å². The van der Waals surface area contributed by atoms with Crippen LogP contribution in [-0.4, -0.2) is 96.1 Å². The number of carbonyl (C=O) groups is 2. The lowest BCUT2D eigenvalue weighted by atomic mass is 9.99. The fourth-order valence-electron chi connectivity index (χ4n) is 3.85. The summed E-state index contributed by atoms with van der Waals surface area (Å²) >= 11 is 0. The van der Waals surface area contributed by atoms with Crippen molar-refractivity contribution >= 4 is 11.8 Å². The van der Waals surface area contributed by atoms with Gasteiger partial charge in [-0.1, -0.05) is 18.8 Å². The summed E-state index contributed by atoms with van der Waals surface area (Å²) in [5.41, 5.74) is 1.21. The van der Waals surface area contributed by atoms with Crippen LogP contribution in [0.1, 0.15) is 40.1 Å². The Balaban J connectivity index is 1.92. The van der Waals surface area contributed by atoms with Crippen molar-refractivity contribution in [2.75, 3.05) is 47.4 Å². The van der Waals surface area contributed by atoms with Crippen LogP contribution in [-0.2, 0) is 0 Å². The van der Waals surface area contributed by atoms with Gasteiger partial charge in [0.25, 0.3) is 11.8 Å². The largest absolute Gasteiger partial charge is 0.472 e. The summed E-state index contributed by atoms with van der Waals surface area (Å²) in [6.07, 6.45) is 1.07. The molecule has 2 amide bonds. The van der Waals surface area contributed by atoms with Crippen LogP contribution < -0.4 is 4.74 Å². The number of fused-ring (bicyclic) bond motifs is 1. The van der Waals surface area contributed by atoms with Crippen molar-refractivity contribution in [3.8, 4) is 17.7 Å². The number of aliphatic hydroxyl groups excluding tert-OH is 1. The van der Waals surface area contributed by atoms with Crippen molar-refractivity contribution in [1.29, 1.82) is 0 Å². The topological polar surface area (TPSA) is 86.2 Å². The molecular weight excluding hydrogens is 463 g/mol. The molecule has 8 nitrogen and oxygen atoms in total. The smallest absolute Gasteiger partial charge is 0.259 e. The number of carbonyl (C=O) groups excluding carboxylic acids is 2. The second-order valence-electron chi connectivity index (χ2n) is 9.43. The average Bonchev–Trinajstić information content (AvgIpc) is 2.85. The summed E-state index contributed by atoms with van der Waals surface area (Å²) in [7, 11) is 5.48. The summed E-state index contributed by atoms with van der Waals surface area (Å²) < 4.78 is 19.5. The number of hydrogen-bond donors (Lipinski definition) is 1. The number of aromatic nitrogens is 1. The molecule has 2 aromatic rings. The molecule has 0 unspecified atom stereocenters. The standard InChI is InChI=1S/C27H33FN4O4/c1-18-15-32(19(2)17-33)27(35)23-13-20(7-6-12-30(3)4)14-29-25(23)36-24(18)16-31(5)26(34)21-8-10-22(28)11-9-21/h8-11,13-14,18-19,24,33H,12,15-17H2,1-5H3/t18-,19+,24-/m1/s1. The zero-order valence-electron chi connectivity index (χ0n) is 21.4. The van der Waals surface area contributed by atoms with Crippen LogP contribution in [0, 0.1) is 23.6 Å². The van der Waals surface area contributed by atoms with Gasteiger partial charge in [-0.2, -0.15) is 0 Å². The first-order valence-corrected chi connectivity index (χ1v) is 11.8. The molecule has 1 aromatic heterocycles. The molecular formula is C27H33FN4O4. The summed E-state index contributed by atoms with van der Waals surface area (Å²) in [5.74, 6) is 5.05. The van der Waals surface area contributed by atoms with Crippen molar-refractivity contribution in [3.63, 3.8) is 0 Å². The number of nitrogens with zero attached hydrogens (tertiary/aromatic N) is 4. The minimum Gasteiger partial charge on any atom is -0.472 e. The maximum atomic E-state index is 13.5. The molecule has 36 heavy (non-hydrogen) atoms. The number of amides is 2. The van der Waals surface area contributed by atoms with E-state index in [1.807, 2.05) is 25.9 Å². The van der Waals surface area contributed by atoms with Gasteiger partial charge in [-0.15, -0.1) is 0 Å². The molecule has 0 radical (unpaired) electrons. The van der Waals surface area contributed by atoms with E-state index in [0.717, 1.165) is 0 Å². The Labute approximate surface area is 211 Å². The van der Waals surface area contributed by atoms with Crippen molar-refractivity contribution in [2.45, 2.75) is 26.0 Å². The van der Waals surface area contributed by atoms with Crippen LogP contribution in [0.25, 0.3) is 0 Å². The van der Waals surface area contributed by atoms with E-state index >= 15 is 0 Å². The van der Waals surface area contributed by atoms with E-state index in [9.17, 15) is 19.1 Å². The Bertz CT molecular complexity index is 1140. The molecule has 3 atom stereocenters. The van der Waals surface area contributed by atoms with Crippen LogP contribution in [0.3, 0.4) is 0 Å². The number of rotatable bonds is 6. The van der Waals surface area contributed by atoms with Gasteiger partial charge in [0.1, 0.15) is 17.5 Å². The lowest BCUT2D eigenvalue weighted by Crippen LogP contribution is -2.50. The molecule has 0 saturated heterocycles. The van der Waals surface area contributed by atoms with E-state index in [2.05, 4.69) is 16.8 Å². The number of ether oxygens (including phenoxy) is 1. The van der Waals surface area contributed by atoms with Gasteiger partial charge in [0.05, 0.1) is 25.7 Å². The van der Waals surface area contributed by atoms with Crippen LogP contribution >= 0.6 is 0 Å². The van der Waals surface area contributed by atoms with Gasteiger partial charge in [-0.05, 0) is 51.4 Å². The zero-order chi connectivity index (χ0) is 26.4. The van der Waals surface area contributed by atoms with E-state index in [0.29, 0.717) is 24.2 Å². The molecule has 0 fully saturated rings. The van der Waals surface area contributed by atoms with Gasteiger partial charge in [-0.3, -0.25) is 14.5 Å². The minimum atomic E-state index is -0.488. The highest BCUT2D eigenvalue weighted by molar-refractivity contribution is 5.97. The fourth-order valence-corrected chi connectivity index (χ4v) is 3.85. The molecule has 1 N–H and O–H groups in total. The van der Waals surface area contributed by atoms with Crippen molar-refractivity contribution in [1.82, 2.24) is 19.7 Å². The third-order valence-corrected chi connectivity index (χ3v) is 6.04. The molecule has 3 rings (SSSR count). The Morgan fingerprint density at radius 2 is 2.00 bits per heavy atom. The quantitative estimate of drug-likeness (QED) is 0.617. The summed E-state index contributed by atoms with van der Waals surface area (Å²) in [4.78, 5) is 35.8. The maximum Gasteiger partial charge on any atom is 0.259 e. The Hall–Kier alpha value is -3.48. The van der Waals surface area contributed by atoms with Gasteiger partial charge in [0.2, 0.25) is 5.88 Å². The first-order valence-electron chi connectivity index (χ1n) is 11.8. The monoisotopic (exact) mass is 496 g/mol. The highest BCUT2D eigenvalue weighted by Crippen LogP contribution is 2.27. The van der Waals surface area contributed by atoms with Crippen molar-refractivity contribution < 1.29 is 23.8 Å². The molecule has 1 aliphatic rings. The summed E-state index contributed by atoms with van der Waals surface area (Å²) in [6.45, 7) is 4.61. The molecule has 1 aliphatic heterocycles. The molecule has 0 spiro atoms. The first kappa shape index (κ1) is 27.1. The van der Waals surface area contributed by atoms with Gasteiger partial charge in [0.15, 0.2) is 0 Å². The van der Waals surface area contributed by atoms with Gasteiger partial charge < -0.3 is 19.6 Å². The third kappa shape index (κ3) is 6.59. The Kier molecular flexibility index (Phi) is 9.02. The zero-order valence-corrected chi connectivity index (χ0v) is 21.4. The third-order valence-electron chi connectivity index (χ3n) is 6.04. The van der Waals surface area contributed by atoms with E-state index in [-0.39, 0.29) is 42.3 Å². The second-order valence-corrected chi connectivity index (χ2v) is 9.43. The van der Waals surface area contributed by atoms with Crippen molar-refractivity contribution in [3.05, 3.63) is 59.0 Å². The van der Waals surface area contributed by atoms with Crippen LogP contribution in [0.15, 0.2) is 36.5 Å². The number of aliphatic hydroxyl groups is 1. The number of hydrogen-bond acceptors (Lipinski definition) is 6. The average molecular weight is 497 g/mol.